The number of amides is 1. The molecular formula is C14H16N2O. The first-order valence-corrected chi connectivity index (χ1v) is 6.21. The lowest BCUT2D eigenvalue weighted by atomic mass is 10.2. The summed E-state index contributed by atoms with van der Waals surface area (Å²) in [5.41, 5.74) is 1.68. The largest absolute Gasteiger partial charge is 0.351 e. The van der Waals surface area contributed by atoms with Gasteiger partial charge in [0.25, 0.3) is 5.91 Å². The molecule has 0 atom stereocenters. The third kappa shape index (κ3) is 2.05. The molecule has 3 heteroatoms. The predicted octanol–water partition coefficient (Wildman–Crippen LogP) is 2.84. The van der Waals surface area contributed by atoms with Gasteiger partial charge in [-0.25, -0.2) is 0 Å². The normalized spacial score (nSPS) is 16.5. The maximum atomic E-state index is 12.0. The summed E-state index contributed by atoms with van der Waals surface area (Å²) in [6.07, 6.45) is 4.70. The first-order chi connectivity index (χ1) is 8.33. The Morgan fingerprint density at radius 3 is 2.76 bits per heavy atom. The van der Waals surface area contributed by atoms with Gasteiger partial charge in [-0.3, -0.25) is 4.79 Å². The minimum Gasteiger partial charge on any atom is -0.351 e. The molecule has 1 aromatic heterocycles. The molecule has 1 fully saturated rings. The van der Waals surface area contributed by atoms with E-state index in [0.717, 1.165) is 23.7 Å². The number of hydrogen-bond donors (Lipinski definition) is 2. The van der Waals surface area contributed by atoms with Crippen molar-refractivity contribution in [1.29, 1.82) is 0 Å². The second kappa shape index (κ2) is 4.24. The zero-order valence-electron chi connectivity index (χ0n) is 9.70. The second-order valence-electron chi connectivity index (χ2n) is 4.73. The van der Waals surface area contributed by atoms with Crippen LogP contribution in [0.2, 0.25) is 0 Å². The Hall–Kier alpha value is -1.77. The van der Waals surface area contributed by atoms with E-state index in [1.54, 1.807) is 0 Å². The first-order valence-electron chi connectivity index (χ1n) is 6.21. The summed E-state index contributed by atoms with van der Waals surface area (Å²) in [4.78, 5) is 15.2. The van der Waals surface area contributed by atoms with Crippen molar-refractivity contribution in [3.8, 4) is 0 Å². The van der Waals surface area contributed by atoms with Crippen molar-refractivity contribution in [2.24, 2.45) is 0 Å². The molecule has 3 rings (SSSR count). The van der Waals surface area contributed by atoms with Crippen LogP contribution < -0.4 is 5.32 Å². The second-order valence-corrected chi connectivity index (χ2v) is 4.73. The van der Waals surface area contributed by atoms with E-state index >= 15 is 0 Å². The summed E-state index contributed by atoms with van der Waals surface area (Å²) in [6, 6.07) is 10.2. The number of rotatable bonds is 2. The standard InChI is InChI=1S/C14H16N2O/c17-14(15-11-6-2-3-7-11)13-9-10-5-1-4-8-12(10)16-13/h1,4-5,8-9,11,16H,2-3,6-7H2,(H,15,17). The number of aromatic nitrogens is 1. The number of aromatic amines is 1. The SMILES string of the molecule is O=C(NC1CCCC1)c1cc2ccccc2[nH]1. The number of nitrogens with one attached hydrogen (secondary N) is 2. The van der Waals surface area contributed by atoms with Crippen LogP contribution in [0.25, 0.3) is 10.9 Å². The minimum absolute atomic E-state index is 0.0214. The first kappa shape index (κ1) is 10.4. The van der Waals surface area contributed by atoms with E-state index in [9.17, 15) is 4.79 Å². The van der Waals surface area contributed by atoms with Gasteiger partial charge in [-0.15, -0.1) is 0 Å². The Balaban J connectivity index is 1.80. The molecule has 2 N–H and O–H groups in total. The lowest BCUT2D eigenvalue weighted by Gasteiger charge is -2.10. The van der Waals surface area contributed by atoms with Crippen LogP contribution in [0.4, 0.5) is 0 Å². The summed E-state index contributed by atoms with van der Waals surface area (Å²) in [7, 11) is 0. The Kier molecular flexibility index (Phi) is 2.59. The molecule has 1 amide bonds. The third-order valence-electron chi connectivity index (χ3n) is 3.46. The zero-order valence-corrected chi connectivity index (χ0v) is 9.70. The average Bonchev–Trinajstić information content (AvgIpc) is 2.96. The van der Waals surface area contributed by atoms with Gasteiger partial charge in [-0.1, -0.05) is 31.0 Å². The zero-order chi connectivity index (χ0) is 11.7. The van der Waals surface area contributed by atoms with Crippen molar-refractivity contribution in [3.63, 3.8) is 0 Å². The summed E-state index contributed by atoms with van der Waals surface area (Å²) in [5.74, 6) is 0.0214. The van der Waals surface area contributed by atoms with Gasteiger partial charge in [-0.05, 0) is 25.0 Å². The molecule has 88 valence electrons. The molecule has 1 aliphatic rings. The van der Waals surface area contributed by atoms with Crippen LogP contribution in [0.1, 0.15) is 36.2 Å². The van der Waals surface area contributed by atoms with Crippen molar-refractivity contribution in [2.45, 2.75) is 31.7 Å². The van der Waals surface area contributed by atoms with Crippen LogP contribution in [-0.4, -0.2) is 16.9 Å². The molecule has 1 heterocycles. The molecule has 0 unspecified atom stereocenters. The molecule has 0 aliphatic heterocycles. The summed E-state index contributed by atoms with van der Waals surface area (Å²) in [6.45, 7) is 0. The summed E-state index contributed by atoms with van der Waals surface area (Å²) < 4.78 is 0. The van der Waals surface area contributed by atoms with Crippen LogP contribution in [-0.2, 0) is 0 Å². The summed E-state index contributed by atoms with van der Waals surface area (Å²) in [5, 5.41) is 4.17. The fourth-order valence-electron chi connectivity index (χ4n) is 2.53. The molecule has 17 heavy (non-hydrogen) atoms. The number of para-hydroxylation sites is 1. The van der Waals surface area contributed by atoms with E-state index in [2.05, 4.69) is 10.3 Å². The lowest BCUT2D eigenvalue weighted by molar-refractivity contribution is 0.0933. The fourth-order valence-corrected chi connectivity index (χ4v) is 2.53. The number of carbonyl (C=O) groups is 1. The van der Waals surface area contributed by atoms with Crippen molar-refractivity contribution in [2.75, 3.05) is 0 Å². The predicted molar refractivity (Wildman–Crippen MR) is 68.0 cm³/mol. The molecule has 0 spiro atoms. The smallest absolute Gasteiger partial charge is 0.267 e. The molecule has 2 aromatic rings. The van der Waals surface area contributed by atoms with Crippen LogP contribution >= 0.6 is 0 Å². The molecule has 3 nitrogen and oxygen atoms in total. The van der Waals surface area contributed by atoms with Crippen LogP contribution in [0.5, 0.6) is 0 Å². The third-order valence-corrected chi connectivity index (χ3v) is 3.46. The number of H-pyrrole nitrogens is 1. The number of carbonyl (C=O) groups excluding carboxylic acids is 1. The van der Waals surface area contributed by atoms with Crippen molar-refractivity contribution >= 4 is 16.8 Å². The van der Waals surface area contributed by atoms with Gasteiger partial charge in [0, 0.05) is 16.9 Å². The van der Waals surface area contributed by atoms with E-state index in [1.807, 2.05) is 30.3 Å². The van der Waals surface area contributed by atoms with E-state index < -0.39 is 0 Å². The molecular weight excluding hydrogens is 212 g/mol. The maximum Gasteiger partial charge on any atom is 0.267 e. The topological polar surface area (TPSA) is 44.9 Å². The molecule has 0 saturated heterocycles. The van der Waals surface area contributed by atoms with E-state index in [0.29, 0.717) is 11.7 Å². The highest BCUT2D eigenvalue weighted by molar-refractivity contribution is 5.98. The summed E-state index contributed by atoms with van der Waals surface area (Å²) >= 11 is 0. The quantitative estimate of drug-likeness (QED) is 0.815. The molecule has 0 bridgehead atoms. The molecule has 0 radical (unpaired) electrons. The molecule has 1 aromatic carbocycles. The Morgan fingerprint density at radius 1 is 1.24 bits per heavy atom. The van der Waals surface area contributed by atoms with Gasteiger partial charge in [0.1, 0.15) is 5.69 Å². The molecule has 1 saturated carbocycles. The van der Waals surface area contributed by atoms with Crippen LogP contribution in [0.3, 0.4) is 0 Å². The van der Waals surface area contributed by atoms with Gasteiger partial charge in [0.2, 0.25) is 0 Å². The number of benzene rings is 1. The Bertz CT molecular complexity index is 505. The maximum absolute atomic E-state index is 12.0. The van der Waals surface area contributed by atoms with Gasteiger partial charge in [0.15, 0.2) is 0 Å². The van der Waals surface area contributed by atoms with Gasteiger partial charge in [0.05, 0.1) is 0 Å². The van der Waals surface area contributed by atoms with E-state index in [-0.39, 0.29) is 5.91 Å². The monoisotopic (exact) mass is 228 g/mol. The van der Waals surface area contributed by atoms with Crippen LogP contribution in [0, 0.1) is 0 Å². The Morgan fingerprint density at radius 2 is 2.00 bits per heavy atom. The highest BCUT2D eigenvalue weighted by atomic mass is 16.1. The lowest BCUT2D eigenvalue weighted by Crippen LogP contribution is -2.32. The van der Waals surface area contributed by atoms with Crippen molar-refractivity contribution < 1.29 is 4.79 Å². The van der Waals surface area contributed by atoms with Gasteiger partial charge >= 0.3 is 0 Å². The Labute approximate surface area is 100 Å². The minimum atomic E-state index is 0.0214. The van der Waals surface area contributed by atoms with E-state index in [1.165, 1.54) is 12.8 Å². The molecule has 1 aliphatic carbocycles. The highest BCUT2D eigenvalue weighted by Crippen LogP contribution is 2.19. The van der Waals surface area contributed by atoms with Crippen molar-refractivity contribution in [1.82, 2.24) is 10.3 Å². The number of fused-ring (bicyclic) bond motifs is 1. The van der Waals surface area contributed by atoms with Gasteiger partial charge in [-0.2, -0.15) is 0 Å². The van der Waals surface area contributed by atoms with Crippen LogP contribution in [0.15, 0.2) is 30.3 Å². The van der Waals surface area contributed by atoms with E-state index in [4.69, 9.17) is 0 Å². The average molecular weight is 228 g/mol. The van der Waals surface area contributed by atoms with Crippen molar-refractivity contribution in [3.05, 3.63) is 36.0 Å². The highest BCUT2D eigenvalue weighted by Gasteiger charge is 2.18. The fraction of sp³-hybridized carbons (Fsp3) is 0.357. The number of hydrogen-bond acceptors (Lipinski definition) is 1. The van der Waals surface area contributed by atoms with Gasteiger partial charge < -0.3 is 10.3 Å².